The second-order valence-corrected chi connectivity index (χ2v) is 29.4. The quantitative estimate of drug-likeness (QED) is 0.117. The van der Waals surface area contributed by atoms with Crippen LogP contribution in [0.15, 0.2) is 0 Å². The highest BCUT2D eigenvalue weighted by Crippen LogP contribution is 2.41. The van der Waals surface area contributed by atoms with E-state index in [0.29, 0.717) is 102 Å². The van der Waals surface area contributed by atoms with Crippen LogP contribution < -0.4 is 0 Å². The van der Waals surface area contributed by atoms with Crippen LogP contribution in [0.25, 0.3) is 0 Å². The third-order valence-corrected chi connectivity index (χ3v) is 19.9. The first kappa shape index (κ1) is 78.4. The van der Waals surface area contributed by atoms with Gasteiger partial charge in [0.1, 0.15) is 5.67 Å². The average Bonchev–Trinajstić information content (AvgIpc) is 3.81. The molecule has 486 valence electrons. The Hall–Kier alpha value is -0.610. The number of rotatable bonds is 8. The fraction of sp³-hybridized carbons (Fsp3) is 1.00. The van der Waals surface area contributed by atoms with Gasteiger partial charge >= 0.3 is 0 Å². The van der Waals surface area contributed by atoms with Gasteiger partial charge < -0.3 is 50.3 Å². The van der Waals surface area contributed by atoms with Crippen molar-refractivity contribution < 1.29 is 63.5 Å². The molecule has 0 radical (unpaired) electrons. The summed E-state index contributed by atoms with van der Waals surface area (Å²) in [5.41, 5.74) is -1.13. The predicted octanol–water partition coefficient (Wildman–Crippen LogP) is 14.7. The molecule has 0 aromatic heterocycles. The van der Waals surface area contributed by atoms with Crippen molar-refractivity contribution in [2.24, 2.45) is 94.7 Å². The number of alkyl halides is 3. The summed E-state index contributed by atoms with van der Waals surface area (Å²) in [6.07, 6.45) is 17.6. The Kier molecular flexibility index (Phi) is 38.8. The Morgan fingerprint density at radius 3 is 0.926 bits per heavy atom. The average molecular weight is 1170 g/mol. The van der Waals surface area contributed by atoms with E-state index < -0.39 is 23.8 Å². The van der Waals surface area contributed by atoms with Gasteiger partial charge in [-0.15, -0.1) is 0 Å². The normalized spacial score (nSPS) is 36.6. The van der Waals surface area contributed by atoms with Crippen LogP contribution >= 0.6 is 0 Å². The van der Waals surface area contributed by atoms with E-state index in [1.807, 2.05) is 13.8 Å². The van der Waals surface area contributed by atoms with Gasteiger partial charge in [-0.25, -0.2) is 13.2 Å². The zero-order chi connectivity index (χ0) is 61.9. The second kappa shape index (κ2) is 40.0. The van der Waals surface area contributed by atoms with Crippen LogP contribution in [0.3, 0.4) is 0 Å². The van der Waals surface area contributed by atoms with Crippen molar-refractivity contribution in [3.8, 4) is 0 Å². The van der Waals surface area contributed by atoms with Crippen LogP contribution in [0.2, 0.25) is 0 Å². The third kappa shape index (κ3) is 30.7. The Morgan fingerprint density at radius 2 is 0.630 bits per heavy atom. The van der Waals surface area contributed by atoms with E-state index in [1.54, 1.807) is 6.92 Å². The molecule has 0 spiro atoms. The molecule has 2 heterocycles. The molecule has 8 N–H and O–H groups in total. The lowest BCUT2D eigenvalue weighted by Gasteiger charge is -2.37. The molecule has 0 bridgehead atoms. The molecule has 1 unspecified atom stereocenters. The van der Waals surface area contributed by atoms with E-state index in [4.69, 9.17) is 14.6 Å². The highest BCUT2D eigenvalue weighted by molar-refractivity contribution is 4.89. The SMILES string of the molecule is CC(C)[C@H]1CC(F)(F)CC[C@@H]1O.CC(C)[C@H]1CCC(C)(F)C[C@@H]1O.CC(C)[C@H]1CCCC[C@@H]1O.CC(C)[C@H]1CCCC[C@@H]1O.CC(C)[C@H]1CCC[C@@H]1O.CC(C)[C@H]1CCOC[C@@H]1O.CC(C)[C@H]1CC[C@@H]1O.CC(C)[C@H]1COCC[C@@H]1O. The van der Waals surface area contributed by atoms with E-state index >= 15 is 0 Å². The van der Waals surface area contributed by atoms with Gasteiger partial charge in [-0.05, 0) is 179 Å². The molecule has 0 aromatic carbocycles. The molecule has 6 saturated carbocycles. The molecule has 10 nitrogen and oxygen atoms in total. The fourth-order valence-corrected chi connectivity index (χ4v) is 13.7. The summed E-state index contributed by atoms with van der Waals surface area (Å²) in [4.78, 5) is 0. The van der Waals surface area contributed by atoms with Crippen molar-refractivity contribution in [3.05, 3.63) is 0 Å². The van der Waals surface area contributed by atoms with Gasteiger partial charge in [0.05, 0.1) is 62.0 Å². The molecule has 13 heteroatoms. The molecule has 6 aliphatic carbocycles. The summed E-state index contributed by atoms with van der Waals surface area (Å²) in [7, 11) is 0. The standard InChI is InChI=1S/C10H19FO.C9H16F2O.2C9H18O.2C8H16O2.C8H16O.C7H14O/c1-7(2)8-4-5-10(3,11)6-9(8)12;1-6(2)7-5-9(10,11)4-3-8(7)12;2*1-7(2)8-5-3-4-6-9(8)10;1-6(2)7-5-10-4-3-8(7)9;1-6(2)7-3-4-10-5-8(7)9;1-6(2)7-4-3-5-8(7)9;1-5(2)6-3-4-7(6)8/h7-9,12H,4-6H2,1-3H3;6-8,12H,3-5H2,1-2H3;2*7-10H,3-6H2,1-2H3;2*6-9H,3-5H2,1-2H3;6-9H,3-5H2,1-2H3;5-8H,3-4H2,1-2H3/t8-,9+,10?;7-,8+;2*8-,9+;3*7-,8+;6-,7+/m11111111/s1. The summed E-state index contributed by atoms with van der Waals surface area (Å²) in [5.74, 6) is 5.09. The highest BCUT2D eigenvalue weighted by Gasteiger charge is 2.42. The van der Waals surface area contributed by atoms with Crippen molar-refractivity contribution >= 4 is 0 Å². The second-order valence-electron chi connectivity index (χ2n) is 29.4. The highest BCUT2D eigenvalue weighted by atomic mass is 19.3. The van der Waals surface area contributed by atoms with E-state index in [1.165, 1.54) is 57.8 Å². The number of aliphatic hydroxyl groups excluding tert-OH is 8. The minimum absolute atomic E-state index is 0.00463. The summed E-state index contributed by atoms with van der Waals surface area (Å²) in [5, 5.41) is 75.5. The van der Waals surface area contributed by atoms with Crippen molar-refractivity contribution in [2.45, 2.75) is 313 Å². The molecule has 8 fully saturated rings. The van der Waals surface area contributed by atoms with Gasteiger partial charge in [0.25, 0.3) is 0 Å². The van der Waals surface area contributed by atoms with Crippen molar-refractivity contribution in [2.75, 3.05) is 26.4 Å². The van der Waals surface area contributed by atoms with Gasteiger partial charge in [-0.1, -0.05) is 143 Å². The molecule has 2 aliphatic heterocycles. The smallest absolute Gasteiger partial charge is 0.248 e. The van der Waals surface area contributed by atoms with E-state index in [2.05, 4.69) is 96.9 Å². The molecule has 17 atom stereocenters. The Bertz CT molecular complexity index is 1440. The third-order valence-electron chi connectivity index (χ3n) is 19.9. The van der Waals surface area contributed by atoms with Crippen LogP contribution in [0.5, 0.6) is 0 Å². The van der Waals surface area contributed by atoms with Gasteiger partial charge in [-0.3, -0.25) is 0 Å². The van der Waals surface area contributed by atoms with Crippen molar-refractivity contribution in [3.63, 3.8) is 0 Å². The number of aliphatic hydroxyl groups is 8. The van der Waals surface area contributed by atoms with E-state index in [-0.39, 0.29) is 67.7 Å². The molecule has 0 aromatic rings. The van der Waals surface area contributed by atoms with E-state index in [9.17, 15) is 48.9 Å². The van der Waals surface area contributed by atoms with Crippen LogP contribution in [-0.4, -0.2) is 128 Å². The van der Waals surface area contributed by atoms with Crippen molar-refractivity contribution in [1.29, 1.82) is 0 Å². The molecular formula is C68H133F3O10. The summed E-state index contributed by atoms with van der Waals surface area (Å²) in [6, 6.07) is 0. The van der Waals surface area contributed by atoms with Crippen LogP contribution in [0.1, 0.15) is 253 Å². The number of hydrogen-bond acceptors (Lipinski definition) is 10. The molecule has 8 rings (SSSR count). The fourth-order valence-electron chi connectivity index (χ4n) is 13.7. The maximum absolute atomic E-state index is 13.4. The summed E-state index contributed by atoms with van der Waals surface area (Å²) < 4.78 is 49.5. The Labute approximate surface area is 495 Å². The first-order chi connectivity index (χ1) is 37.6. The zero-order valence-corrected chi connectivity index (χ0v) is 55.1. The van der Waals surface area contributed by atoms with Crippen LogP contribution in [0, 0.1) is 94.7 Å². The Balaban J connectivity index is 0.000000464. The molecule has 8 aliphatic rings. The lowest BCUT2D eigenvalue weighted by molar-refractivity contribution is -0.101. The maximum Gasteiger partial charge on any atom is 0.248 e. The zero-order valence-electron chi connectivity index (χ0n) is 55.1. The van der Waals surface area contributed by atoms with Crippen LogP contribution in [-0.2, 0) is 9.47 Å². The summed E-state index contributed by atoms with van der Waals surface area (Å²) in [6.45, 7) is 38.5. The predicted molar refractivity (Wildman–Crippen MR) is 328 cm³/mol. The number of hydrogen-bond donors (Lipinski definition) is 8. The Morgan fingerprint density at radius 1 is 0.296 bits per heavy atom. The lowest BCUT2D eigenvalue weighted by Crippen LogP contribution is -2.39. The molecular weight excluding hydrogens is 1030 g/mol. The number of halogens is 3. The largest absolute Gasteiger partial charge is 0.393 e. The molecule has 81 heavy (non-hydrogen) atoms. The monoisotopic (exact) mass is 1170 g/mol. The summed E-state index contributed by atoms with van der Waals surface area (Å²) >= 11 is 0. The number of ether oxygens (including phenoxy) is 2. The van der Waals surface area contributed by atoms with Gasteiger partial charge in [-0.2, -0.15) is 0 Å². The van der Waals surface area contributed by atoms with Gasteiger partial charge in [0, 0.05) is 38.4 Å². The topological polar surface area (TPSA) is 180 Å². The van der Waals surface area contributed by atoms with Crippen LogP contribution in [0.4, 0.5) is 13.2 Å². The maximum atomic E-state index is 13.4. The van der Waals surface area contributed by atoms with E-state index in [0.717, 1.165) is 64.8 Å². The molecule has 2 saturated heterocycles. The molecule has 0 amide bonds. The minimum atomic E-state index is -2.55. The minimum Gasteiger partial charge on any atom is -0.393 e. The lowest BCUT2D eigenvalue weighted by atomic mass is 9.74. The van der Waals surface area contributed by atoms with Gasteiger partial charge in [0.2, 0.25) is 5.92 Å². The van der Waals surface area contributed by atoms with Crippen molar-refractivity contribution in [1.82, 2.24) is 0 Å². The first-order valence-corrected chi connectivity index (χ1v) is 33.3. The first-order valence-electron chi connectivity index (χ1n) is 33.3. The van der Waals surface area contributed by atoms with Gasteiger partial charge in [0.15, 0.2) is 0 Å².